The van der Waals surface area contributed by atoms with Crippen molar-refractivity contribution in [2.24, 2.45) is 5.92 Å². The molecule has 0 radical (unpaired) electrons. The first-order valence-corrected chi connectivity index (χ1v) is 11.3. The van der Waals surface area contributed by atoms with E-state index in [1.54, 1.807) is 0 Å². The Hall–Kier alpha value is -2.29. The van der Waals surface area contributed by atoms with Crippen molar-refractivity contribution in [3.63, 3.8) is 0 Å². The molecule has 1 N–H and O–H groups in total. The number of benzene rings is 2. The van der Waals surface area contributed by atoms with Crippen LogP contribution in [-0.4, -0.2) is 19.0 Å². The average Bonchev–Trinajstić information content (AvgIpc) is 3.26. The fourth-order valence-corrected chi connectivity index (χ4v) is 5.20. The van der Waals surface area contributed by atoms with Crippen molar-refractivity contribution in [2.75, 3.05) is 18.0 Å². The number of nitrogens with zero attached hydrogens (tertiary/aromatic N) is 1. The number of hydrogen-bond acceptors (Lipinski definition) is 2. The average molecular weight is 391 g/mol. The van der Waals surface area contributed by atoms with Crippen LogP contribution in [0.2, 0.25) is 0 Å². The Labute approximate surface area is 175 Å². The Morgan fingerprint density at radius 1 is 1.03 bits per heavy atom. The summed E-state index contributed by atoms with van der Waals surface area (Å²) in [6.45, 7) is 6.73. The lowest BCUT2D eigenvalue weighted by Gasteiger charge is -2.33. The Bertz CT molecular complexity index is 808. The van der Waals surface area contributed by atoms with E-state index < -0.39 is 0 Å². The number of amides is 1. The summed E-state index contributed by atoms with van der Waals surface area (Å²) in [4.78, 5) is 15.9. The zero-order chi connectivity index (χ0) is 20.3. The van der Waals surface area contributed by atoms with Crippen LogP contribution in [0.4, 0.5) is 5.69 Å². The summed E-state index contributed by atoms with van der Waals surface area (Å²) < 4.78 is 0. The maximum atomic E-state index is 13.4. The molecule has 2 aliphatic rings. The molecule has 29 heavy (non-hydrogen) atoms. The molecule has 1 aliphatic heterocycles. The lowest BCUT2D eigenvalue weighted by atomic mass is 9.77. The summed E-state index contributed by atoms with van der Waals surface area (Å²) in [5.41, 5.74) is 3.28. The number of anilines is 1. The maximum Gasteiger partial charge on any atom is 0.231 e. The monoisotopic (exact) mass is 390 g/mol. The van der Waals surface area contributed by atoms with Crippen LogP contribution in [0.25, 0.3) is 0 Å². The number of rotatable bonds is 5. The third kappa shape index (κ3) is 4.19. The largest absolute Gasteiger partial charge is 0.371 e. The van der Waals surface area contributed by atoms with E-state index in [9.17, 15) is 4.79 Å². The fourth-order valence-electron chi connectivity index (χ4n) is 5.20. The predicted molar refractivity (Wildman–Crippen MR) is 120 cm³/mol. The minimum absolute atomic E-state index is 0.0121. The Morgan fingerprint density at radius 2 is 1.72 bits per heavy atom. The van der Waals surface area contributed by atoms with Crippen LogP contribution >= 0.6 is 0 Å². The third-order valence-corrected chi connectivity index (χ3v) is 6.98. The van der Waals surface area contributed by atoms with E-state index >= 15 is 0 Å². The Morgan fingerprint density at radius 3 is 2.38 bits per heavy atom. The molecule has 4 rings (SSSR count). The lowest BCUT2D eigenvalue weighted by Crippen LogP contribution is -2.43. The summed E-state index contributed by atoms with van der Waals surface area (Å²) in [5, 5.41) is 3.33. The second-order valence-corrected chi connectivity index (χ2v) is 9.14. The van der Waals surface area contributed by atoms with Crippen LogP contribution in [0.1, 0.15) is 69.5 Å². The van der Waals surface area contributed by atoms with Gasteiger partial charge >= 0.3 is 0 Å². The van der Waals surface area contributed by atoms with Gasteiger partial charge in [0.2, 0.25) is 5.91 Å². The molecule has 2 atom stereocenters. The Kier molecular flexibility index (Phi) is 5.94. The smallest absolute Gasteiger partial charge is 0.231 e. The van der Waals surface area contributed by atoms with Gasteiger partial charge in [-0.2, -0.15) is 0 Å². The second-order valence-electron chi connectivity index (χ2n) is 9.14. The van der Waals surface area contributed by atoms with Gasteiger partial charge in [-0.05, 0) is 61.8 Å². The maximum absolute atomic E-state index is 13.4. The van der Waals surface area contributed by atoms with E-state index in [1.807, 2.05) is 18.2 Å². The first-order valence-electron chi connectivity index (χ1n) is 11.3. The van der Waals surface area contributed by atoms with Gasteiger partial charge in [0.1, 0.15) is 0 Å². The van der Waals surface area contributed by atoms with Gasteiger partial charge in [0, 0.05) is 18.8 Å². The fraction of sp³-hybridized carbons (Fsp3) is 0.500. The molecule has 0 aromatic heterocycles. The number of hydrogen-bond donors (Lipinski definition) is 1. The van der Waals surface area contributed by atoms with Crippen LogP contribution in [0, 0.1) is 5.92 Å². The van der Waals surface area contributed by atoms with E-state index in [2.05, 4.69) is 60.5 Å². The highest BCUT2D eigenvalue weighted by atomic mass is 16.2. The van der Waals surface area contributed by atoms with E-state index in [0.717, 1.165) is 50.3 Å². The molecular weight excluding hydrogens is 356 g/mol. The second kappa shape index (κ2) is 8.61. The molecule has 0 spiro atoms. The van der Waals surface area contributed by atoms with Crippen LogP contribution in [0.5, 0.6) is 0 Å². The SMILES string of the molecule is C[C@H]1CCCN(c2ccc([C@H](C)NC(=O)C3(c4ccccc4)CCCC3)cc2)C1. The minimum Gasteiger partial charge on any atom is -0.371 e. The highest BCUT2D eigenvalue weighted by molar-refractivity contribution is 5.89. The minimum atomic E-state index is -0.362. The van der Waals surface area contributed by atoms with Crippen molar-refractivity contribution in [2.45, 2.75) is 63.8 Å². The summed E-state index contributed by atoms with van der Waals surface area (Å²) in [5.74, 6) is 0.949. The number of piperidine rings is 1. The van der Waals surface area contributed by atoms with E-state index in [-0.39, 0.29) is 17.4 Å². The van der Waals surface area contributed by atoms with Gasteiger partial charge in [0.05, 0.1) is 11.5 Å². The van der Waals surface area contributed by atoms with Crippen LogP contribution in [0.3, 0.4) is 0 Å². The molecule has 1 amide bonds. The van der Waals surface area contributed by atoms with Gasteiger partial charge in [0.15, 0.2) is 0 Å². The molecule has 1 saturated carbocycles. The van der Waals surface area contributed by atoms with Gasteiger partial charge < -0.3 is 10.2 Å². The van der Waals surface area contributed by atoms with Crippen molar-refractivity contribution in [3.8, 4) is 0 Å². The van der Waals surface area contributed by atoms with E-state index in [4.69, 9.17) is 0 Å². The van der Waals surface area contributed by atoms with Gasteiger partial charge in [-0.25, -0.2) is 0 Å². The lowest BCUT2D eigenvalue weighted by molar-refractivity contribution is -0.127. The zero-order valence-corrected chi connectivity index (χ0v) is 17.9. The molecule has 2 fully saturated rings. The summed E-state index contributed by atoms with van der Waals surface area (Å²) in [6, 6.07) is 19.2. The molecule has 3 nitrogen and oxygen atoms in total. The number of nitrogens with one attached hydrogen (secondary N) is 1. The molecule has 2 aromatic rings. The summed E-state index contributed by atoms with van der Waals surface area (Å²) in [7, 11) is 0. The van der Waals surface area contributed by atoms with Crippen molar-refractivity contribution in [3.05, 3.63) is 65.7 Å². The van der Waals surface area contributed by atoms with Crippen LogP contribution in [-0.2, 0) is 10.2 Å². The molecule has 2 aromatic carbocycles. The highest BCUT2D eigenvalue weighted by Gasteiger charge is 2.42. The number of carbonyl (C=O) groups excluding carboxylic acids is 1. The normalized spacial score (nSPS) is 22.3. The first kappa shape index (κ1) is 20.0. The van der Waals surface area contributed by atoms with E-state index in [1.165, 1.54) is 24.1 Å². The quantitative estimate of drug-likeness (QED) is 0.719. The predicted octanol–water partition coefficient (Wildman–Crippen LogP) is 5.61. The van der Waals surface area contributed by atoms with Crippen molar-refractivity contribution >= 4 is 11.6 Å². The molecule has 0 unspecified atom stereocenters. The van der Waals surface area contributed by atoms with E-state index in [0.29, 0.717) is 0 Å². The third-order valence-electron chi connectivity index (χ3n) is 6.98. The van der Waals surface area contributed by atoms with Crippen molar-refractivity contribution < 1.29 is 4.79 Å². The molecule has 1 heterocycles. The zero-order valence-electron chi connectivity index (χ0n) is 17.9. The summed E-state index contributed by atoms with van der Waals surface area (Å²) >= 11 is 0. The first-order chi connectivity index (χ1) is 14.1. The van der Waals surface area contributed by atoms with Gasteiger partial charge in [-0.1, -0.05) is 62.2 Å². The van der Waals surface area contributed by atoms with Gasteiger partial charge in [-0.3, -0.25) is 4.79 Å². The van der Waals surface area contributed by atoms with Crippen LogP contribution in [0.15, 0.2) is 54.6 Å². The topological polar surface area (TPSA) is 32.3 Å². The summed E-state index contributed by atoms with van der Waals surface area (Å²) in [6.07, 6.45) is 6.75. The number of carbonyl (C=O) groups is 1. The van der Waals surface area contributed by atoms with Crippen LogP contribution < -0.4 is 10.2 Å². The molecule has 1 saturated heterocycles. The van der Waals surface area contributed by atoms with Crippen molar-refractivity contribution in [1.29, 1.82) is 0 Å². The molecule has 0 bridgehead atoms. The highest BCUT2D eigenvalue weighted by Crippen LogP contribution is 2.41. The molecule has 1 aliphatic carbocycles. The Balaban J connectivity index is 1.45. The van der Waals surface area contributed by atoms with Gasteiger partial charge in [-0.15, -0.1) is 0 Å². The standard InChI is InChI=1S/C26H34N2O/c1-20-9-8-18-28(19-20)24-14-12-22(13-15-24)21(2)27-25(29)26(16-6-7-17-26)23-10-4-3-5-11-23/h3-5,10-15,20-21H,6-9,16-19H2,1-2H3,(H,27,29)/t20-,21-/m0/s1. The van der Waals surface area contributed by atoms with Crippen molar-refractivity contribution in [1.82, 2.24) is 5.32 Å². The molecule has 3 heteroatoms. The molecule has 154 valence electrons. The molecular formula is C26H34N2O. The van der Waals surface area contributed by atoms with Gasteiger partial charge in [0.25, 0.3) is 0 Å².